The first-order chi connectivity index (χ1) is 12.4. The number of anilines is 1. The first-order valence-electron chi connectivity index (χ1n) is 8.61. The molecule has 0 spiro atoms. The van der Waals surface area contributed by atoms with E-state index in [1.807, 2.05) is 37.3 Å². The van der Waals surface area contributed by atoms with Crippen LogP contribution in [0.2, 0.25) is 0 Å². The Morgan fingerprint density at radius 1 is 1.23 bits per heavy atom. The molecule has 0 bridgehead atoms. The average molecular weight is 373 g/mol. The van der Waals surface area contributed by atoms with Crippen molar-refractivity contribution >= 4 is 21.6 Å². The molecule has 0 radical (unpaired) electrons. The first-order valence-corrected chi connectivity index (χ1v) is 10.5. The maximum absolute atomic E-state index is 12.8. The van der Waals surface area contributed by atoms with E-state index in [0.29, 0.717) is 5.69 Å². The van der Waals surface area contributed by atoms with E-state index in [-0.39, 0.29) is 31.5 Å². The van der Waals surface area contributed by atoms with Crippen LogP contribution in [0.3, 0.4) is 0 Å². The van der Waals surface area contributed by atoms with Crippen molar-refractivity contribution in [2.45, 2.75) is 32.4 Å². The molecule has 1 aliphatic heterocycles. The summed E-state index contributed by atoms with van der Waals surface area (Å²) in [7, 11) is -3.43. The van der Waals surface area contributed by atoms with E-state index < -0.39 is 10.0 Å². The van der Waals surface area contributed by atoms with Gasteiger partial charge in [0.15, 0.2) is 0 Å². The molecular formula is C19H23N3O3S. The van der Waals surface area contributed by atoms with E-state index in [4.69, 9.17) is 0 Å². The third kappa shape index (κ3) is 4.11. The Bertz CT molecular complexity index is 884. The van der Waals surface area contributed by atoms with E-state index in [2.05, 4.69) is 4.98 Å². The Morgan fingerprint density at radius 2 is 1.96 bits per heavy atom. The molecule has 2 aromatic rings. The number of amides is 1. The summed E-state index contributed by atoms with van der Waals surface area (Å²) in [5, 5.41) is 0. The fourth-order valence-corrected chi connectivity index (χ4v) is 4.11. The van der Waals surface area contributed by atoms with Gasteiger partial charge in [-0.15, -0.1) is 0 Å². The van der Waals surface area contributed by atoms with Gasteiger partial charge in [-0.25, -0.2) is 8.42 Å². The maximum Gasteiger partial charge on any atom is 0.228 e. The largest absolute Gasteiger partial charge is 0.309 e. The number of hydrogen-bond donors (Lipinski definition) is 0. The van der Waals surface area contributed by atoms with Crippen molar-refractivity contribution in [1.29, 1.82) is 0 Å². The Morgan fingerprint density at radius 3 is 2.65 bits per heavy atom. The van der Waals surface area contributed by atoms with Crippen LogP contribution in [0.5, 0.6) is 0 Å². The Kier molecular flexibility index (Phi) is 5.38. The van der Waals surface area contributed by atoms with Crippen molar-refractivity contribution in [2.75, 3.05) is 17.7 Å². The lowest BCUT2D eigenvalue weighted by Crippen LogP contribution is -2.39. The van der Waals surface area contributed by atoms with Gasteiger partial charge in [0.05, 0.1) is 18.5 Å². The van der Waals surface area contributed by atoms with E-state index in [1.165, 1.54) is 4.31 Å². The number of sulfonamides is 1. The monoisotopic (exact) mass is 373 g/mol. The van der Waals surface area contributed by atoms with E-state index in [1.54, 1.807) is 23.2 Å². The molecule has 26 heavy (non-hydrogen) atoms. The summed E-state index contributed by atoms with van der Waals surface area (Å²) in [4.78, 5) is 18.8. The Hall–Kier alpha value is -2.25. The second-order valence-electron chi connectivity index (χ2n) is 6.61. The topological polar surface area (TPSA) is 70.6 Å². The van der Waals surface area contributed by atoms with Gasteiger partial charge in [0.2, 0.25) is 15.9 Å². The molecule has 1 unspecified atom stereocenters. The molecule has 0 saturated heterocycles. The van der Waals surface area contributed by atoms with Gasteiger partial charge in [0.1, 0.15) is 0 Å². The average Bonchev–Trinajstić information content (AvgIpc) is 2.94. The summed E-state index contributed by atoms with van der Waals surface area (Å²) in [6.07, 6.45) is 3.75. The smallest absolute Gasteiger partial charge is 0.228 e. The molecule has 1 aromatic carbocycles. The second-order valence-corrected chi connectivity index (χ2v) is 8.60. The molecule has 1 aliphatic rings. The molecule has 138 valence electrons. The summed E-state index contributed by atoms with van der Waals surface area (Å²) in [5.41, 5.74) is 2.74. The number of nitrogens with zero attached hydrogens (tertiary/aromatic N) is 3. The number of benzene rings is 1. The van der Waals surface area contributed by atoms with E-state index in [9.17, 15) is 13.2 Å². The minimum Gasteiger partial charge on any atom is -0.309 e. The lowest BCUT2D eigenvalue weighted by Gasteiger charge is -2.25. The molecule has 0 N–H and O–H groups in total. The van der Waals surface area contributed by atoms with Gasteiger partial charge in [-0.2, -0.15) is 4.31 Å². The van der Waals surface area contributed by atoms with Crippen LogP contribution in [0, 0.1) is 0 Å². The van der Waals surface area contributed by atoms with Crippen LogP contribution in [0.1, 0.15) is 24.6 Å². The number of aromatic nitrogens is 1. The standard InChI is InChI=1S/C19H23N3O3S/c1-15-13-16-7-3-4-9-18(16)22(15)19(23)10-12-21(26(2,24)25)14-17-8-5-6-11-20-17/h3-9,11,15H,10,12-14H2,1-2H3. The van der Waals surface area contributed by atoms with Crippen LogP contribution in [-0.4, -0.2) is 42.5 Å². The van der Waals surface area contributed by atoms with Gasteiger partial charge >= 0.3 is 0 Å². The van der Waals surface area contributed by atoms with Crippen LogP contribution in [0.4, 0.5) is 5.69 Å². The van der Waals surface area contributed by atoms with Crippen molar-refractivity contribution in [3.63, 3.8) is 0 Å². The number of pyridine rings is 1. The number of rotatable bonds is 6. The summed E-state index contributed by atoms with van der Waals surface area (Å²) < 4.78 is 25.5. The molecule has 6 nitrogen and oxygen atoms in total. The summed E-state index contributed by atoms with van der Waals surface area (Å²) in [5.74, 6) is -0.0582. The zero-order valence-corrected chi connectivity index (χ0v) is 15.8. The Balaban J connectivity index is 1.70. The molecule has 1 amide bonds. The van der Waals surface area contributed by atoms with Crippen molar-refractivity contribution in [3.05, 3.63) is 59.9 Å². The number of hydrogen-bond acceptors (Lipinski definition) is 4. The van der Waals surface area contributed by atoms with Crippen LogP contribution >= 0.6 is 0 Å². The van der Waals surface area contributed by atoms with Gasteiger partial charge < -0.3 is 4.90 Å². The van der Waals surface area contributed by atoms with Crippen molar-refractivity contribution < 1.29 is 13.2 Å². The number of carbonyl (C=O) groups excluding carboxylic acids is 1. The molecule has 3 rings (SSSR count). The molecule has 0 saturated carbocycles. The predicted octanol–water partition coefficient (Wildman–Crippen LogP) is 2.21. The van der Waals surface area contributed by atoms with Crippen molar-refractivity contribution in [1.82, 2.24) is 9.29 Å². The molecular weight excluding hydrogens is 350 g/mol. The minimum absolute atomic E-state index is 0.0582. The molecule has 1 aromatic heterocycles. The maximum atomic E-state index is 12.8. The highest BCUT2D eigenvalue weighted by Crippen LogP contribution is 2.32. The molecule has 7 heteroatoms. The molecule has 2 heterocycles. The summed E-state index contributed by atoms with van der Waals surface area (Å²) in [6.45, 7) is 2.32. The third-order valence-electron chi connectivity index (χ3n) is 4.58. The summed E-state index contributed by atoms with van der Waals surface area (Å²) in [6, 6.07) is 13.3. The van der Waals surface area contributed by atoms with Gasteiger partial charge in [0.25, 0.3) is 0 Å². The molecule has 0 aliphatic carbocycles. The van der Waals surface area contributed by atoms with Crippen LogP contribution < -0.4 is 4.90 Å². The van der Waals surface area contributed by atoms with Gasteiger partial charge in [-0.3, -0.25) is 9.78 Å². The van der Waals surface area contributed by atoms with Gasteiger partial charge in [-0.1, -0.05) is 24.3 Å². The molecule has 1 atom stereocenters. The van der Waals surface area contributed by atoms with Crippen molar-refractivity contribution in [3.8, 4) is 0 Å². The number of fused-ring (bicyclic) bond motifs is 1. The van der Waals surface area contributed by atoms with Gasteiger partial charge in [0, 0.05) is 30.9 Å². The summed E-state index contributed by atoms with van der Waals surface area (Å²) >= 11 is 0. The fraction of sp³-hybridized carbons (Fsp3) is 0.368. The number of carbonyl (C=O) groups is 1. The second kappa shape index (κ2) is 7.55. The minimum atomic E-state index is -3.43. The lowest BCUT2D eigenvalue weighted by atomic mass is 10.1. The van der Waals surface area contributed by atoms with Crippen molar-refractivity contribution in [2.24, 2.45) is 0 Å². The third-order valence-corrected chi connectivity index (χ3v) is 5.83. The SMILES string of the molecule is CC1Cc2ccccc2N1C(=O)CCN(Cc1ccccn1)S(C)(=O)=O. The highest BCUT2D eigenvalue weighted by atomic mass is 32.2. The first kappa shape index (κ1) is 18.5. The highest BCUT2D eigenvalue weighted by molar-refractivity contribution is 7.88. The highest BCUT2D eigenvalue weighted by Gasteiger charge is 2.31. The zero-order chi connectivity index (χ0) is 18.7. The van der Waals surface area contributed by atoms with Gasteiger partial charge in [-0.05, 0) is 37.1 Å². The molecule has 0 fully saturated rings. The van der Waals surface area contributed by atoms with Crippen LogP contribution in [0.25, 0.3) is 0 Å². The normalized spacial score (nSPS) is 16.7. The van der Waals surface area contributed by atoms with E-state index >= 15 is 0 Å². The van der Waals surface area contributed by atoms with E-state index in [0.717, 1.165) is 23.9 Å². The van der Waals surface area contributed by atoms with Crippen LogP contribution in [-0.2, 0) is 27.8 Å². The van der Waals surface area contributed by atoms with Crippen LogP contribution in [0.15, 0.2) is 48.7 Å². The lowest BCUT2D eigenvalue weighted by molar-refractivity contribution is -0.119. The fourth-order valence-electron chi connectivity index (χ4n) is 3.32. The Labute approximate surface area is 154 Å². The predicted molar refractivity (Wildman–Crippen MR) is 101 cm³/mol. The quantitative estimate of drug-likeness (QED) is 0.778. The number of para-hydroxylation sites is 1. The zero-order valence-electron chi connectivity index (χ0n) is 15.0.